The second-order valence-electron chi connectivity index (χ2n) is 7.36. The van der Waals surface area contributed by atoms with E-state index in [2.05, 4.69) is 25.5 Å². The number of aromatic amines is 1. The monoisotopic (exact) mass is 488 g/mol. The van der Waals surface area contributed by atoms with Crippen LogP contribution in [-0.4, -0.2) is 35.4 Å². The second kappa shape index (κ2) is 11.1. The molecule has 0 aliphatic rings. The predicted molar refractivity (Wildman–Crippen MR) is 133 cm³/mol. The fourth-order valence-electron chi connectivity index (χ4n) is 3.20. The number of rotatable bonds is 8. The Bertz CT molecular complexity index is 1370. The molecule has 0 unspecified atom stereocenters. The molecular weight excluding hydrogens is 468 g/mol. The van der Waals surface area contributed by atoms with Gasteiger partial charge in [0, 0.05) is 16.1 Å². The lowest BCUT2D eigenvalue weighted by molar-refractivity contribution is 0.0600. The van der Waals surface area contributed by atoms with Crippen LogP contribution in [0.1, 0.15) is 32.0 Å². The maximum absolute atomic E-state index is 12.5. The molecule has 4 rings (SSSR count). The van der Waals surface area contributed by atoms with E-state index in [1.165, 1.54) is 13.3 Å². The molecule has 1 amide bonds. The van der Waals surface area contributed by atoms with Gasteiger partial charge in [-0.1, -0.05) is 54.1 Å². The number of methoxy groups -OCH3 is 1. The fourth-order valence-corrected chi connectivity index (χ4v) is 3.39. The van der Waals surface area contributed by atoms with Crippen LogP contribution in [0, 0.1) is 0 Å². The Morgan fingerprint density at radius 3 is 2.57 bits per heavy atom. The van der Waals surface area contributed by atoms with E-state index < -0.39 is 11.9 Å². The number of esters is 1. The van der Waals surface area contributed by atoms with E-state index in [-0.39, 0.29) is 5.69 Å². The number of hydrogen-bond donors (Lipinski definition) is 2. The Hall–Kier alpha value is -4.43. The molecule has 3 aromatic carbocycles. The van der Waals surface area contributed by atoms with E-state index in [1.54, 1.807) is 30.3 Å². The van der Waals surface area contributed by atoms with Gasteiger partial charge in [0.05, 0.1) is 24.6 Å². The SMILES string of the molecule is COC(=O)c1ccc(/C=N/NC(=O)c2cc(-c3ccccc3OCc3ccccc3Cl)n[nH]2)cc1. The zero-order valence-corrected chi connectivity index (χ0v) is 19.5. The first-order chi connectivity index (χ1) is 17.0. The Morgan fingerprint density at radius 2 is 1.80 bits per heavy atom. The normalized spacial score (nSPS) is 10.8. The minimum absolute atomic E-state index is 0.235. The second-order valence-corrected chi connectivity index (χ2v) is 7.76. The van der Waals surface area contributed by atoms with Gasteiger partial charge in [-0.05, 0) is 42.0 Å². The zero-order chi connectivity index (χ0) is 24.6. The van der Waals surface area contributed by atoms with Gasteiger partial charge in [0.2, 0.25) is 0 Å². The maximum atomic E-state index is 12.5. The molecular formula is C26H21ClN4O4. The third-order valence-corrected chi connectivity index (χ3v) is 5.41. The van der Waals surface area contributed by atoms with Gasteiger partial charge >= 0.3 is 5.97 Å². The first-order valence-electron chi connectivity index (χ1n) is 10.6. The topological polar surface area (TPSA) is 106 Å². The fraction of sp³-hybridized carbons (Fsp3) is 0.0769. The number of benzene rings is 3. The highest BCUT2D eigenvalue weighted by atomic mass is 35.5. The van der Waals surface area contributed by atoms with Crippen molar-refractivity contribution in [2.45, 2.75) is 6.61 Å². The molecule has 0 aliphatic carbocycles. The van der Waals surface area contributed by atoms with Crippen molar-refractivity contribution in [1.82, 2.24) is 15.6 Å². The van der Waals surface area contributed by atoms with E-state index in [9.17, 15) is 9.59 Å². The summed E-state index contributed by atoms with van der Waals surface area (Å²) in [6, 6.07) is 23.1. The smallest absolute Gasteiger partial charge is 0.337 e. The van der Waals surface area contributed by atoms with Crippen LogP contribution in [-0.2, 0) is 11.3 Å². The molecule has 1 heterocycles. The molecule has 35 heavy (non-hydrogen) atoms. The van der Waals surface area contributed by atoms with Gasteiger partial charge in [-0.2, -0.15) is 10.2 Å². The number of carbonyl (C=O) groups excluding carboxylic acids is 2. The molecule has 8 nitrogen and oxygen atoms in total. The number of para-hydroxylation sites is 1. The third kappa shape index (κ3) is 5.93. The summed E-state index contributed by atoms with van der Waals surface area (Å²) in [5, 5.41) is 11.6. The van der Waals surface area contributed by atoms with Crippen LogP contribution in [0.5, 0.6) is 5.75 Å². The van der Waals surface area contributed by atoms with Crippen molar-refractivity contribution in [2.24, 2.45) is 5.10 Å². The van der Waals surface area contributed by atoms with Gasteiger partial charge in [0.1, 0.15) is 18.1 Å². The van der Waals surface area contributed by atoms with Crippen molar-refractivity contribution in [3.8, 4) is 17.0 Å². The summed E-state index contributed by atoms with van der Waals surface area (Å²) in [7, 11) is 1.32. The van der Waals surface area contributed by atoms with Gasteiger partial charge in [-0.15, -0.1) is 0 Å². The number of amides is 1. The molecule has 2 N–H and O–H groups in total. The Morgan fingerprint density at radius 1 is 1.06 bits per heavy atom. The summed E-state index contributed by atoms with van der Waals surface area (Å²) in [6.07, 6.45) is 1.47. The predicted octanol–water partition coefficient (Wildman–Crippen LogP) is 4.86. The molecule has 0 spiro atoms. The van der Waals surface area contributed by atoms with Crippen LogP contribution >= 0.6 is 11.6 Å². The van der Waals surface area contributed by atoms with Crippen molar-refractivity contribution in [3.63, 3.8) is 0 Å². The molecule has 176 valence electrons. The Labute approximate surface area is 206 Å². The van der Waals surface area contributed by atoms with Crippen molar-refractivity contribution in [3.05, 3.63) is 106 Å². The van der Waals surface area contributed by atoms with Gasteiger partial charge in [0.15, 0.2) is 0 Å². The number of nitrogens with zero attached hydrogens (tertiary/aromatic N) is 2. The summed E-state index contributed by atoms with van der Waals surface area (Å²) in [5.41, 5.74) is 5.95. The highest BCUT2D eigenvalue weighted by molar-refractivity contribution is 6.31. The maximum Gasteiger partial charge on any atom is 0.337 e. The summed E-state index contributed by atoms with van der Waals surface area (Å²) < 4.78 is 10.6. The summed E-state index contributed by atoms with van der Waals surface area (Å²) in [4.78, 5) is 24.0. The summed E-state index contributed by atoms with van der Waals surface area (Å²) >= 11 is 6.22. The minimum Gasteiger partial charge on any atom is -0.488 e. The number of hydrazone groups is 1. The lowest BCUT2D eigenvalue weighted by Crippen LogP contribution is -2.18. The van der Waals surface area contributed by atoms with E-state index >= 15 is 0 Å². The largest absolute Gasteiger partial charge is 0.488 e. The first-order valence-corrected chi connectivity index (χ1v) is 11.0. The van der Waals surface area contributed by atoms with Crippen LogP contribution in [0.2, 0.25) is 5.02 Å². The van der Waals surface area contributed by atoms with Crippen LogP contribution in [0.25, 0.3) is 11.3 Å². The number of ether oxygens (including phenoxy) is 2. The number of aromatic nitrogens is 2. The van der Waals surface area contributed by atoms with Gasteiger partial charge < -0.3 is 9.47 Å². The first kappa shape index (κ1) is 23.7. The van der Waals surface area contributed by atoms with Gasteiger partial charge in [-0.3, -0.25) is 9.89 Å². The quantitative estimate of drug-likeness (QED) is 0.209. The number of hydrogen-bond acceptors (Lipinski definition) is 6. The Kier molecular flexibility index (Phi) is 7.54. The molecule has 4 aromatic rings. The summed E-state index contributed by atoms with van der Waals surface area (Å²) in [6.45, 7) is 0.295. The van der Waals surface area contributed by atoms with Crippen molar-refractivity contribution >= 4 is 29.7 Å². The highest BCUT2D eigenvalue weighted by Crippen LogP contribution is 2.30. The zero-order valence-electron chi connectivity index (χ0n) is 18.7. The number of halogens is 1. The van der Waals surface area contributed by atoms with Crippen molar-refractivity contribution in [1.29, 1.82) is 0 Å². The molecule has 0 bridgehead atoms. The summed E-state index contributed by atoms with van der Waals surface area (Å²) in [5.74, 6) is -0.271. The Balaban J connectivity index is 1.41. The van der Waals surface area contributed by atoms with E-state index in [0.29, 0.717) is 34.2 Å². The number of carbonyl (C=O) groups is 2. The molecule has 9 heteroatoms. The molecule has 0 aliphatic heterocycles. The lowest BCUT2D eigenvalue weighted by atomic mass is 10.1. The third-order valence-electron chi connectivity index (χ3n) is 5.04. The average molecular weight is 489 g/mol. The van der Waals surface area contributed by atoms with Crippen LogP contribution in [0.4, 0.5) is 0 Å². The van der Waals surface area contributed by atoms with Crippen molar-refractivity contribution in [2.75, 3.05) is 7.11 Å². The average Bonchev–Trinajstić information content (AvgIpc) is 3.39. The molecule has 0 saturated carbocycles. The standard InChI is InChI=1S/C26H21ClN4O4/c1-34-26(33)18-12-10-17(11-13-18)15-28-31-25(32)23-14-22(29-30-23)20-7-3-5-9-24(20)35-16-19-6-2-4-8-21(19)27/h2-15H,16H2,1H3,(H,29,30)(H,31,32)/b28-15+. The van der Waals surface area contributed by atoms with Gasteiger partial charge in [-0.25, -0.2) is 10.2 Å². The molecule has 0 radical (unpaired) electrons. The molecule has 0 fully saturated rings. The van der Waals surface area contributed by atoms with Crippen LogP contribution < -0.4 is 10.2 Å². The number of nitrogens with one attached hydrogen (secondary N) is 2. The van der Waals surface area contributed by atoms with Gasteiger partial charge in [0.25, 0.3) is 5.91 Å². The van der Waals surface area contributed by atoms with E-state index in [0.717, 1.165) is 11.1 Å². The molecule has 0 atom stereocenters. The minimum atomic E-state index is -0.458. The van der Waals surface area contributed by atoms with Crippen LogP contribution in [0.15, 0.2) is 84.0 Å². The number of H-pyrrole nitrogens is 1. The van der Waals surface area contributed by atoms with Crippen molar-refractivity contribution < 1.29 is 19.1 Å². The molecule has 0 saturated heterocycles. The van der Waals surface area contributed by atoms with E-state index in [4.69, 9.17) is 16.3 Å². The lowest BCUT2D eigenvalue weighted by Gasteiger charge is -2.11. The van der Waals surface area contributed by atoms with Crippen LogP contribution in [0.3, 0.4) is 0 Å². The molecule has 1 aromatic heterocycles. The highest BCUT2D eigenvalue weighted by Gasteiger charge is 2.14. The van der Waals surface area contributed by atoms with E-state index in [1.807, 2.05) is 48.5 Å².